The van der Waals surface area contributed by atoms with Crippen molar-refractivity contribution in [1.82, 2.24) is 30.2 Å². The first-order chi connectivity index (χ1) is 16.0. The molecule has 9 nitrogen and oxygen atoms in total. The van der Waals surface area contributed by atoms with Crippen LogP contribution in [-0.2, 0) is 6.54 Å². The second-order valence-electron chi connectivity index (χ2n) is 7.29. The van der Waals surface area contributed by atoms with E-state index in [0.717, 1.165) is 29.8 Å². The summed E-state index contributed by atoms with van der Waals surface area (Å²) in [6.07, 6.45) is 4.67. The standard InChI is InChI=1S/C22H24ClN7O2S/c1-4-9-24-19-15-12-26-30(20(15)28-22(27-19)33-3)11-10-25-21(31)17-13(2)32-29-18(17)14-7-5-6-8-16(14)23/h5-8,12H,4,9-11H2,1-3H3,(H,25,31)(H,24,27,28). The number of hydrogen-bond acceptors (Lipinski definition) is 8. The molecule has 3 aromatic heterocycles. The van der Waals surface area contributed by atoms with Gasteiger partial charge >= 0.3 is 0 Å². The van der Waals surface area contributed by atoms with Gasteiger partial charge in [0.1, 0.15) is 22.8 Å². The Morgan fingerprint density at radius 3 is 2.82 bits per heavy atom. The number of benzene rings is 1. The van der Waals surface area contributed by atoms with Crippen molar-refractivity contribution in [1.29, 1.82) is 0 Å². The molecule has 0 unspecified atom stereocenters. The molecule has 3 heterocycles. The van der Waals surface area contributed by atoms with Crippen LogP contribution in [0.4, 0.5) is 5.82 Å². The van der Waals surface area contributed by atoms with Crippen LogP contribution in [0.1, 0.15) is 29.5 Å². The Morgan fingerprint density at radius 1 is 1.24 bits per heavy atom. The van der Waals surface area contributed by atoms with E-state index in [1.807, 2.05) is 18.4 Å². The van der Waals surface area contributed by atoms with Gasteiger partial charge in [0.15, 0.2) is 10.8 Å². The zero-order chi connectivity index (χ0) is 23.4. The number of thioether (sulfide) groups is 1. The van der Waals surface area contributed by atoms with Gasteiger partial charge in [0.2, 0.25) is 0 Å². The minimum Gasteiger partial charge on any atom is -0.369 e. The highest BCUT2D eigenvalue weighted by Gasteiger charge is 2.23. The lowest BCUT2D eigenvalue weighted by atomic mass is 10.1. The maximum Gasteiger partial charge on any atom is 0.257 e. The molecule has 172 valence electrons. The first-order valence-electron chi connectivity index (χ1n) is 10.5. The SMILES string of the molecule is CCCNc1nc(SC)nc2c1cnn2CCNC(=O)c1c(-c2ccccc2Cl)noc1C. The Bertz CT molecular complexity index is 1290. The number of aryl methyl sites for hydroxylation is 1. The van der Waals surface area contributed by atoms with Crippen molar-refractivity contribution >= 4 is 46.1 Å². The molecule has 33 heavy (non-hydrogen) atoms. The summed E-state index contributed by atoms with van der Waals surface area (Å²) < 4.78 is 7.06. The number of fused-ring (bicyclic) bond motifs is 1. The number of amides is 1. The Balaban J connectivity index is 1.51. The van der Waals surface area contributed by atoms with Gasteiger partial charge in [-0.2, -0.15) is 5.10 Å². The van der Waals surface area contributed by atoms with E-state index in [1.165, 1.54) is 11.8 Å². The number of halogens is 1. The normalized spacial score (nSPS) is 11.2. The van der Waals surface area contributed by atoms with Crippen molar-refractivity contribution in [3.8, 4) is 11.3 Å². The van der Waals surface area contributed by atoms with Crippen molar-refractivity contribution < 1.29 is 9.32 Å². The monoisotopic (exact) mass is 485 g/mol. The molecule has 0 aliphatic heterocycles. The van der Waals surface area contributed by atoms with Crippen molar-refractivity contribution in [3.05, 3.63) is 46.8 Å². The van der Waals surface area contributed by atoms with Crippen LogP contribution in [0.3, 0.4) is 0 Å². The smallest absolute Gasteiger partial charge is 0.257 e. The first kappa shape index (κ1) is 23.1. The predicted molar refractivity (Wildman–Crippen MR) is 130 cm³/mol. The van der Waals surface area contributed by atoms with Gasteiger partial charge in [-0.25, -0.2) is 14.6 Å². The van der Waals surface area contributed by atoms with Crippen LogP contribution in [0.2, 0.25) is 5.02 Å². The predicted octanol–water partition coefficient (Wildman–Crippen LogP) is 4.42. The molecular formula is C22H24ClN7O2S. The average molecular weight is 486 g/mol. The number of rotatable bonds is 9. The van der Waals surface area contributed by atoms with Crippen LogP contribution in [-0.4, -0.2) is 50.2 Å². The van der Waals surface area contributed by atoms with Crippen molar-refractivity contribution in [2.75, 3.05) is 24.7 Å². The topological polar surface area (TPSA) is 111 Å². The van der Waals surface area contributed by atoms with Crippen LogP contribution >= 0.6 is 23.4 Å². The zero-order valence-electron chi connectivity index (χ0n) is 18.6. The van der Waals surface area contributed by atoms with Gasteiger partial charge in [-0.1, -0.05) is 53.6 Å². The zero-order valence-corrected chi connectivity index (χ0v) is 20.1. The van der Waals surface area contributed by atoms with Crippen LogP contribution in [0.5, 0.6) is 0 Å². The number of aromatic nitrogens is 5. The summed E-state index contributed by atoms with van der Waals surface area (Å²) in [6, 6.07) is 7.21. The summed E-state index contributed by atoms with van der Waals surface area (Å²) in [5, 5.41) is 16.8. The molecule has 2 N–H and O–H groups in total. The summed E-state index contributed by atoms with van der Waals surface area (Å²) in [5.74, 6) is 0.909. The maximum atomic E-state index is 13.0. The number of nitrogens with one attached hydrogen (secondary N) is 2. The molecule has 0 aliphatic rings. The van der Waals surface area contributed by atoms with Gasteiger partial charge < -0.3 is 15.2 Å². The molecule has 11 heteroatoms. The summed E-state index contributed by atoms with van der Waals surface area (Å²) in [4.78, 5) is 22.1. The molecule has 0 bridgehead atoms. The van der Waals surface area contributed by atoms with Gasteiger partial charge in [-0.05, 0) is 25.7 Å². The Kier molecular flexibility index (Phi) is 7.14. The molecule has 4 aromatic rings. The highest BCUT2D eigenvalue weighted by molar-refractivity contribution is 7.98. The Hall–Kier alpha value is -3.11. The molecule has 4 rings (SSSR count). The van der Waals surface area contributed by atoms with E-state index in [9.17, 15) is 4.79 Å². The highest BCUT2D eigenvalue weighted by atomic mass is 35.5. The number of nitrogens with zero attached hydrogens (tertiary/aromatic N) is 5. The summed E-state index contributed by atoms with van der Waals surface area (Å²) in [5.41, 5.74) is 2.16. The van der Waals surface area contributed by atoms with Crippen LogP contribution in [0.15, 0.2) is 40.1 Å². The number of anilines is 1. The second kappa shape index (κ2) is 10.2. The Labute approximate surface area is 200 Å². The van der Waals surface area contributed by atoms with Crippen LogP contribution in [0, 0.1) is 6.92 Å². The third-order valence-corrected chi connectivity index (χ3v) is 5.91. The lowest BCUT2D eigenvalue weighted by molar-refractivity contribution is 0.0951. The van der Waals surface area contributed by atoms with E-state index in [-0.39, 0.29) is 5.91 Å². The molecule has 1 aromatic carbocycles. The van der Waals surface area contributed by atoms with Crippen molar-refractivity contribution in [2.45, 2.75) is 32.0 Å². The van der Waals surface area contributed by atoms with E-state index in [0.29, 0.717) is 45.8 Å². The van der Waals surface area contributed by atoms with Gasteiger partial charge in [-0.15, -0.1) is 0 Å². The maximum absolute atomic E-state index is 13.0. The third-order valence-electron chi connectivity index (χ3n) is 5.03. The van der Waals surface area contributed by atoms with Gasteiger partial charge in [0.25, 0.3) is 5.91 Å². The highest BCUT2D eigenvalue weighted by Crippen LogP contribution is 2.31. The first-order valence-corrected chi connectivity index (χ1v) is 12.1. The molecule has 0 spiro atoms. The largest absolute Gasteiger partial charge is 0.369 e. The summed E-state index contributed by atoms with van der Waals surface area (Å²) in [7, 11) is 0. The molecule has 1 amide bonds. The average Bonchev–Trinajstić information content (AvgIpc) is 3.41. The van der Waals surface area contributed by atoms with Crippen molar-refractivity contribution in [3.63, 3.8) is 0 Å². The van der Waals surface area contributed by atoms with E-state index in [4.69, 9.17) is 16.1 Å². The van der Waals surface area contributed by atoms with E-state index < -0.39 is 0 Å². The fraction of sp³-hybridized carbons (Fsp3) is 0.318. The minimum absolute atomic E-state index is 0.287. The number of carbonyl (C=O) groups is 1. The molecule has 0 saturated heterocycles. The molecular weight excluding hydrogens is 462 g/mol. The van der Waals surface area contributed by atoms with E-state index in [1.54, 1.807) is 29.9 Å². The van der Waals surface area contributed by atoms with Crippen LogP contribution in [0.25, 0.3) is 22.3 Å². The molecule has 0 radical (unpaired) electrons. The van der Waals surface area contributed by atoms with Crippen LogP contribution < -0.4 is 10.6 Å². The van der Waals surface area contributed by atoms with E-state index >= 15 is 0 Å². The molecule has 0 saturated carbocycles. The molecule has 0 fully saturated rings. The lowest BCUT2D eigenvalue weighted by Crippen LogP contribution is -2.28. The van der Waals surface area contributed by atoms with Gasteiger partial charge in [0, 0.05) is 18.7 Å². The lowest BCUT2D eigenvalue weighted by Gasteiger charge is -2.09. The summed E-state index contributed by atoms with van der Waals surface area (Å²) >= 11 is 7.77. The number of hydrogen-bond donors (Lipinski definition) is 2. The third kappa shape index (κ3) is 4.81. The Morgan fingerprint density at radius 2 is 2.06 bits per heavy atom. The fourth-order valence-electron chi connectivity index (χ4n) is 3.41. The number of carbonyl (C=O) groups excluding carboxylic acids is 1. The quantitative estimate of drug-likeness (QED) is 0.265. The molecule has 0 atom stereocenters. The fourth-order valence-corrected chi connectivity index (χ4v) is 3.99. The summed E-state index contributed by atoms with van der Waals surface area (Å²) in [6.45, 7) is 5.40. The second-order valence-corrected chi connectivity index (χ2v) is 8.47. The molecule has 0 aliphatic carbocycles. The van der Waals surface area contributed by atoms with Gasteiger partial charge in [0.05, 0.1) is 23.2 Å². The van der Waals surface area contributed by atoms with E-state index in [2.05, 4.69) is 37.8 Å². The van der Waals surface area contributed by atoms with Gasteiger partial charge in [-0.3, -0.25) is 4.79 Å². The van der Waals surface area contributed by atoms with Crippen molar-refractivity contribution in [2.24, 2.45) is 0 Å². The minimum atomic E-state index is -0.287.